The van der Waals surface area contributed by atoms with Crippen molar-refractivity contribution >= 4 is 17.7 Å². The predicted octanol–water partition coefficient (Wildman–Crippen LogP) is 4.79. The quantitative estimate of drug-likeness (QED) is 0.532. The van der Waals surface area contributed by atoms with Crippen LogP contribution in [0.2, 0.25) is 0 Å². The van der Waals surface area contributed by atoms with E-state index < -0.39 is 0 Å². The van der Waals surface area contributed by atoms with Gasteiger partial charge in [-0.1, -0.05) is 32.0 Å². The van der Waals surface area contributed by atoms with E-state index in [0.717, 1.165) is 29.1 Å². The van der Waals surface area contributed by atoms with Crippen LogP contribution in [0, 0.1) is 5.92 Å². The molecule has 3 aromatic rings. The average molecular weight is 438 g/mol. The van der Waals surface area contributed by atoms with Crippen molar-refractivity contribution in [1.82, 2.24) is 14.7 Å². The molecule has 7 heteroatoms. The van der Waals surface area contributed by atoms with Crippen LogP contribution in [-0.4, -0.2) is 47.1 Å². The van der Waals surface area contributed by atoms with Gasteiger partial charge in [-0.3, -0.25) is 4.79 Å². The van der Waals surface area contributed by atoms with Crippen molar-refractivity contribution in [2.45, 2.75) is 19.2 Å². The molecule has 2 aromatic carbocycles. The predicted molar refractivity (Wildman–Crippen MR) is 124 cm³/mol. The molecule has 0 aliphatic carbocycles. The molecule has 0 N–H and O–H groups in total. The van der Waals surface area contributed by atoms with Crippen LogP contribution in [0.3, 0.4) is 0 Å². The van der Waals surface area contributed by atoms with Crippen molar-refractivity contribution in [2.75, 3.05) is 26.5 Å². The second kappa shape index (κ2) is 9.06. The van der Waals surface area contributed by atoms with E-state index in [2.05, 4.69) is 13.8 Å². The van der Waals surface area contributed by atoms with Crippen LogP contribution in [-0.2, 0) is 4.79 Å². The van der Waals surface area contributed by atoms with Gasteiger partial charge in [-0.05, 0) is 36.2 Å². The molecule has 31 heavy (non-hydrogen) atoms. The zero-order chi connectivity index (χ0) is 22.0. The fourth-order valence-corrected chi connectivity index (χ4v) is 4.99. The van der Waals surface area contributed by atoms with Gasteiger partial charge in [0.05, 0.1) is 31.4 Å². The van der Waals surface area contributed by atoms with Crippen molar-refractivity contribution < 1.29 is 14.3 Å². The molecule has 1 aliphatic rings. The number of ether oxygens (including phenoxy) is 2. The Balaban J connectivity index is 1.84. The average Bonchev–Trinajstić information content (AvgIpc) is 3.37. The first kappa shape index (κ1) is 21.3. The van der Waals surface area contributed by atoms with E-state index in [1.807, 2.05) is 64.3 Å². The molecule has 162 valence electrons. The van der Waals surface area contributed by atoms with Crippen molar-refractivity contribution in [3.8, 4) is 28.4 Å². The summed E-state index contributed by atoms with van der Waals surface area (Å²) in [7, 11) is 3.25. The topological polar surface area (TPSA) is 56.6 Å². The van der Waals surface area contributed by atoms with E-state index in [4.69, 9.17) is 14.6 Å². The minimum atomic E-state index is -0.0736. The normalized spacial score (nSPS) is 16.2. The van der Waals surface area contributed by atoms with Crippen LogP contribution in [0.15, 0.2) is 54.7 Å². The van der Waals surface area contributed by atoms with Crippen molar-refractivity contribution in [1.29, 1.82) is 0 Å². The maximum Gasteiger partial charge on any atom is 0.233 e. The molecule has 1 aromatic heterocycles. The zero-order valence-electron chi connectivity index (χ0n) is 18.2. The number of carbonyl (C=O) groups excluding carboxylic acids is 1. The Labute approximate surface area is 187 Å². The largest absolute Gasteiger partial charge is 0.493 e. The minimum Gasteiger partial charge on any atom is -0.493 e. The van der Waals surface area contributed by atoms with Gasteiger partial charge < -0.3 is 14.4 Å². The number of amides is 1. The summed E-state index contributed by atoms with van der Waals surface area (Å²) in [5.41, 5.74) is 3.75. The fraction of sp³-hybridized carbons (Fsp3) is 0.333. The maximum absolute atomic E-state index is 12.6. The summed E-state index contributed by atoms with van der Waals surface area (Å²) in [5, 5.41) is 4.86. The van der Waals surface area contributed by atoms with Crippen molar-refractivity contribution in [3.05, 3.63) is 60.3 Å². The highest BCUT2D eigenvalue weighted by Crippen LogP contribution is 2.44. The van der Waals surface area contributed by atoms with Gasteiger partial charge in [0.2, 0.25) is 5.91 Å². The van der Waals surface area contributed by atoms with E-state index in [1.165, 1.54) is 0 Å². The lowest BCUT2D eigenvalue weighted by Crippen LogP contribution is -2.31. The van der Waals surface area contributed by atoms with Crippen molar-refractivity contribution in [3.63, 3.8) is 0 Å². The smallest absolute Gasteiger partial charge is 0.233 e. The van der Waals surface area contributed by atoms with Crippen LogP contribution in [0.25, 0.3) is 16.9 Å². The molecule has 1 atom stereocenters. The molecule has 1 fully saturated rings. The maximum atomic E-state index is 12.6. The second-order valence-corrected chi connectivity index (χ2v) is 8.95. The first-order valence-corrected chi connectivity index (χ1v) is 11.3. The molecular weight excluding hydrogens is 410 g/mol. The third-order valence-electron chi connectivity index (χ3n) is 5.22. The van der Waals surface area contributed by atoms with Gasteiger partial charge in [-0.25, -0.2) is 4.68 Å². The third kappa shape index (κ3) is 4.28. The molecule has 0 saturated carbocycles. The number of rotatable bonds is 7. The highest BCUT2D eigenvalue weighted by Gasteiger charge is 2.36. The Morgan fingerprint density at radius 1 is 1.10 bits per heavy atom. The van der Waals surface area contributed by atoms with Crippen LogP contribution in [0.1, 0.15) is 24.8 Å². The second-order valence-electron chi connectivity index (χ2n) is 7.89. The van der Waals surface area contributed by atoms with Crippen LogP contribution >= 0.6 is 11.8 Å². The molecule has 1 saturated heterocycles. The Hall–Kier alpha value is -2.93. The summed E-state index contributed by atoms with van der Waals surface area (Å²) < 4.78 is 12.8. The molecule has 0 radical (unpaired) electrons. The number of hydrogen-bond acceptors (Lipinski definition) is 5. The minimum absolute atomic E-state index is 0.0736. The molecule has 1 unspecified atom stereocenters. The van der Waals surface area contributed by atoms with Gasteiger partial charge in [-0.2, -0.15) is 5.10 Å². The van der Waals surface area contributed by atoms with E-state index in [0.29, 0.717) is 23.2 Å². The molecule has 4 rings (SSSR count). The van der Waals surface area contributed by atoms with Crippen LogP contribution in [0.5, 0.6) is 11.5 Å². The summed E-state index contributed by atoms with van der Waals surface area (Å²) in [6.07, 6.45) is 2.05. The van der Waals surface area contributed by atoms with E-state index in [1.54, 1.807) is 26.0 Å². The molecular formula is C24H27N3O3S. The van der Waals surface area contributed by atoms with Gasteiger partial charge in [0, 0.05) is 23.9 Å². The highest BCUT2D eigenvalue weighted by atomic mass is 32.2. The number of benzene rings is 2. The first-order chi connectivity index (χ1) is 15.0. The molecule has 1 amide bonds. The molecule has 1 aliphatic heterocycles. The van der Waals surface area contributed by atoms with Gasteiger partial charge in [0.25, 0.3) is 0 Å². The number of methoxy groups -OCH3 is 2. The highest BCUT2D eigenvalue weighted by molar-refractivity contribution is 8.00. The Bertz CT molecular complexity index is 1070. The summed E-state index contributed by atoms with van der Waals surface area (Å²) >= 11 is 1.66. The van der Waals surface area contributed by atoms with E-state index >= 15 is 0 Å². The van der Waals surface area contributed by atoms with Gasteiger partial charge >= 0.3 is 0 Å². The molecule has 0 spiro atoms. The number of carbonyl (C=O) groups is 1. The SMILES string of the molecule is COc1ccc(-c2nn(-c3ccccc3)cc2C2SCC(=O)N2CC(C)C)cc1OC. The monoisotopic (exact) mass is 437 g/mol. The van der Waals surface area contributed by atoms with E-state index in [-0.39, 0.29) is 11.3 Å². The van der Waals surface area contributed by atoms with Crippen LogP contribution in [0.4, 0.5) is 0 Å². The first-order valence-electron chi connectivity index (χ1n) is 10.3. The van der Waals surface area contributed by atoms with Gasteiger partial charge in [0.15, 0.2) is 11.5 Å². The van der Waals surface area contributed by atoms with Crippen LogP contribution < -0.4 is 9.47 Å². The Kier molecular flexibility index (Phi) is 6.23. The number of para-hydroxylation sites is 1. The third-order valence-corrected chi connectivity index (χ3v) is 6.45. The molecule has 0 bridgehead atoms. The fourth-order valence-electron chi connectivity index (χ4n) is 3.79. The summed E-state index contributed by atoms with van der Waals surface area (Å²) in [6, 6.07) is 15.8. The zero-order valence-corrected chi connectivity index (χ0v) is 19.1. The summed E-state index contributed by atoms with van der Waals surface area (Å²) in [6.45, 7) is 4.99. The molecule has 2 heterocycles. The van der Waals surface area contributed by atoms with Gasteiger partial charge in [-0.15, -0.1) is 11.8 Å². The van der Waals surface area contributed by atoms with Gasteiger partial charge in [0.1, 0.15) is 5.37 Å². The summed E-state index contributed by atoms with van der Waals surface area (Å²) in [5.74, 6) is 2.36. The Morgan fingerprint density at radius 2 is 1.84 bits per heavy atom. The molecule has 6 nitrogen and oxygen atoms in total. The standard InChI is InChI=1S/C24H27N3O3S/c1-16(2)13-26-22(28)15-31-24(26)19-14-27(18-8-6-5-7-9-18)25-23(19)17-10-11-20(29-3)21(12-17)30-4/h5-12,14,16,24H,13,15H2,1-4H3. The Morgan fingerprint density at radius 3 is 2.52 bits per heavy atom. The summed E-state index contributed by atoms with van der Waals surface area (Å²) in [4.78, 5) is 14.6. The number of hydrogen-bond donors (Lipinski definition) is 0. The number of nitrogens with zero attached hydrogens (tertiary/aromatic N) is 3. The number of thioether (sulfide) groups is 1. The van der Waals surface area contributed by atoms with E-state index in [9.17, 15) is 4.79 Å². The number of aromatic nitrogens is 2. The lowest BCUT2D eigenvalue weighted by atomic mass is 10.1. The lowest BCUT2D eigenvalue weighted by molar-refractivity contribution is -0.128. The van der Waals surface area contributed by atoms with Crippen molar-refractivity contribution in [2.24, 2.45) is 5.92 Å². The lowest BCUT2D eigenvalue weighted by Gasteiger charge is -2.25.